The molecule has 2 N–H and O–H groups in total. The van der Waals surface area contributed by atoms with Crippen molar-refractivity contribution >= 4 is 34.6 Å². The van der Waals surface area contributed by atoms with E-state index < -0.39 is 48.2 Å². The van der Waals surface area contributed by atoms with E-state index in [0.717, 1.165) is 11.0 Å². The van der Waals surface area contributed by atoms with Crippen LogP contribution in [0.1, 0.15) is 21.4 Å². The van der Waals surface area contributed by atoms with Crippen LogP contribution in [0.2, 0.25) is 0 Å². The molecule has 0 unspecified atom stereocenters. The lowest BCUT2D eigenvalue weighted by atomic mass is 10.1. The van der Waals surface area contributed by atoms with E-state index in [2.05, 4.69) is 15.3 Å². The number of allylic oxidation sites excluding steroid dienone is 1. The minimum atomic E-state index is -2.43. The number of pyridine rings is 1. The summed E-state index contributed by atoms with van der Waals surface area (Å²) >= 11 is 0. The summed E-state index contributed by atoms with van der Waals surface area (Å²) in [6.45, 7) is -0.0244. The molecular formula is C25H29FN6O5. The van der Waals surface area contributed by atoms with Gasteiger partial charge in [0.2, 0.25) is 5.91 Å². The van der Waals surface area contributed by atoms with Gasteiger partial charge in [-0.3, -0.25) is 14.4 Å². The van der Waals surface area contributed by atoms with Crippen molar-refractivity contribution in [2.45, 2.75) is 25.4 Å². The van der Waals surface area contributed by atoms with Crippen molar-refractivity contribution in [2.24, 2.45) is 0 Å². The lowest BCUT2D eigenvalue weighted by molar-refractivity contribution is -0.125. The lowest BCUT2D eigenvalue weighted by Crippen LogP contribution is -2.37. The van der Waals surface area contributed by atoms with E-state index in [9.17, 15) is 23.6 Å². The highest BCUT2D eigenvalue weighted by Crippen LogP contribution is 2.14. The average molecular weight is 515 g/mol. The summed E-state index contributed by atoms with van der Waals surface area (Å²) in [5.74, 6) is -1.54. The number of fused-ring (bicyclic) bond motifs is 1. The molecule has 1 aromatic carbocycles. The highest BCUT2D eigenvalue weighted by molar-refractivity contribution is 5.95. The number of aromatic nitrogens is 3. The molecule has 2 aromatic heterocycles. The first-order valence-electron chi connectivity index (χ1n) is 12.2. The predicted molar refractivity (Wildman–Crippen MR) is 136 cm³/mol. The number of aromatic amines is 1. The monoisotopic (exact) mass is 514 g/mol. The number of carbonyl (C=O) groups is 3. The Balaban J connectivity index is 1.84. The molecular weight excluding hydrogens is 483 g/mol. The minimum Gasteiger partial charge on any atom is -0.436 e. The average Bonchev–Trinajstić information content (AvgIpc) is 3.25. The van der Waals surface area contributed by atoms with Gasteiger partial charge in [0.25, 0.3) is 11.5 Å². The van der Waals surface area contributed by atoms with Crippen LogP contribution >= 0.6 is 0 Å². The summed E-state index contributed by atoms with van der Waals surface area (Å²) in [5, 5.41) is 2.35. The first-order valence-corrected chi connectivity index (χ1v) is 11.2. The molecule has 11 nitrogen and oxygen atoms in total. The number of anilines is 1. The van der Waals surface area contributed by atoms with Crippen LogP contribution in [-0.2, 0) is 20.9 Å². The molecule has 1 atom stereocenters. The van der Waals surface area contributed by atoms with Gasteiger partial charge in [-0.1, -0.05) is 6.08 Å². The Morgan fingerprint density at radius 2 is 2.00 bits per heavy atom. The van der Waals surface area contributed by atoms with Crippen molar-refractivity contribution in [1.82, 2.24) is 24.3 Å². The van der Waals surface area contributed by atoms with Gasteiger partial charge in [-0.15, -0.1) is 0 Å². The molecule has 0 spiro atoms. The summed E-state index contributed by atoms with van der Waals surface area (Å²) in [5.41, 5.74) is 0.145. The highest BCUT2D eigenvalue weighted by atomic mass is 19.1. The minimum absolute atomic E-state index is 0.0244. The smallest absolute Gasteiger partial charge is 0.410 e. The number of benzene rings is 1. The maximum Gasteiger partial charge on any atom is 0.410 e. The fourth-order valence-electron chi connectivity index (χ4n) is 3.10. The molecule has 3 rings (SSSR count). The van der Waals surface area contributed by atoms with Gasteiger partial charge in [-0.05, 0) is 49.2 Å². The summed E-state index contributed by atoms with van der Waals surface area (Å²) in [6, 6.07) is 6.85. The molecule has 37 heavy (non-hydrogen) atoms. The molecule has 0 aliphatic rings. The van der Waals surface area contributed by atoms with E-state index in [0.29, 0.717) is 16.9 Å². The number of halogens is 1. The number of likely N-dealkylation sites (N-methyl/N-ethyl adjacent to an activating group) is 1. The molecule has 2 heterocycles. The second-order valence-electron chi connectivity index (χ2n) is 8.39. The van der Waals surface area contributed by atoms with Crippen molar-refractivity contribution in [2.75, 3.05) is 33.5 Å². The Hall–Kier alpha value is -4.48. The molecule has 0 bridgehead atoms. The Bertz CT molecular complexity index is 1470. The van der Waals surface area contributed by atoms with E-state index in [1.807, 2.05) is 0 Å². The molecule has 12 heteroatoms. The predicted octanol–water partition coefficient (Wildman–Crippen LogP) is 2.34. The van der Waals surface area contributed by atoms with Crippen molar-refractivity contribution in [3.05, 3.63) is 70.7 Å². The Morgan fingerprint density at radius 1 is 1.24 bits per heavy atom. The molecule has 0 radical (unpaired) electrons. The number of hydrogen-bond acceptors (Lipinski definition) is 6. The third kappa shape index (κ3) is 7.26. The number of ether oxygens (including phenoxy) is 1. The third-order valence-corrected chi connectivity index (χ3v) is 5.04. The molecule has 0 aliphatic heterocycles. The van der Waals surface area contributed by atoms with Gasteiger partial charge in [0.05, 0.1) is 17.6 Å². The van der Waals surface area contributed by atoms with Crippen LogP contribution < -0.4 is 10.9 Å². The number of carbonyl (C=O) groups excluding carboxylic acids is 3. The third-order valence-electron chi connectivity index (χ3n) is 5.04. The van der Waals surface area contributed by atoms with Crippen LogP contribution in [0, 0.1) is 5.82 Å². The Morgan fingerprint density at radius 3 is 2.70 bits per heavy atom. The van der Waals surface area contributed by atoms with Crippen molar-refractivity contribution < 1.29 is 26.3 Å². The fourth-order valence-corrected chi connectivity index (χ4v) is 3.10. The van der Waals surface area contributed by atoms with Crippen molar-refractivity contribution in [3.8, 4) is 0 Å². The number of nitrogens with zero attached hydrogens (tertiary/aromatic N) is 4. The second-order valence-corrected chi connectivity index (χ2v) is 8.39. The Labute approximate surface area is 215 Å². The highest BCUT2D eigenvalue weighted by Gasteiger charge is 2.24. The SMILES string of the molecule is [2H]C([2H])(C/C=C/C(=O)N(C)C)[C@@H](OC(=O)N(C)C)C(=O)Nc1cccn(Cc2nc3ccc(F)cc3[nH]2)c1=O. The zero-order valence-electron chi connectivity index (χ0n) is 22.8. The number of imidazole rings is 1. The standard InChI is InChI=1S/C25H29FN6O5/c1-30(2)22(33)10-6-5-9-20(37-25(36)31(3)4)23(34)29-18-8-7-13-32(24(18)35)15-21-27-17-12-11-16(26)14-19(17)28-21/h6-8,10-14,20H,5,9,15H2,1-4H3,(H,27,28)(H,29,34)/b10-6+/t20-/m1/s1/i9D2. The van der Waals surface area contributed by atoms with Gasteiger partial charge in [0, 0.05) is 37.1 Å². The first kappa shape index (κ1) is 24.2. The zero-order valence-corrected chi connectivity index (χ0v) is 20.8. The molecule has 0 saturated heterocycles. The van der Waals surface area contributed by atoms with Crippen LogP contribution in [0.15, 0.2) is 53.5 Å². The normalized spacial score (nSPS) is 13.1. The van der Waals surface area contributed by atoms with E-state index in [4.69, 9.17) is 7.48 Å². The van der Waals surface area contributed by atoms with E-state index in [1.54, 1.807) is 0 Å². The van der Waals surface area contributed by atoms with E-state index in [-0.39, 0.29) is 12.2 Å². The summed E-state index contributed by atoms with van der Waals surface area (Å²) in [6.07, 6.45) is -1.96. The number of amides is 3. The van der Waals surface area contributed by atoms with E-state index in [1.165, 1.54) is 80.3 Å². The Kier molecular flexibility index (Phi) is 7.84. The van der Waals surface area contributed by atoms with Gasteiger partial charge >= 0.3 is 6.09 Å². The number of hydrogen-bond donors (Lipinski definition) is 2. The molecule has 0 fully saturated rings. The van der Waals surface area contributed by atoms with Crippen molar-refractivity contribution in [1.29, 1.82) is 0 Å². The molecule has 196 valence electrons. The van der Waals surface area contributed by atoms with Gasteiger partial charge < -0.3 is 29.4 Å². The van der Waals surface area contributed by atoms with Crippen LogP contribution in [-0.4, -0.2) is 76.5 Å². The van der Waals surface area contributed by atoms with Gasteiger partial charge in [-0.2, -0.15) is 0 Å². The van der Waals surface area contributed by atoms with Crippen LogP contribution in [0.3, 0.4) is 0 Å². The molecule has 0 aliphatic carbocycles. The van der Waals surface area contributed by atoms with Crippen LogP contribution in [0.5, 0.6) is 0 Å². The summed E-state index contributed by atoms with van der Waals surface area (Å²) < 4.78 is 36.7. The maximum atomic E-state index is 13.5. The molecule has 3 aromatic rings. The maximum absolute atomic E-state index is 13.5. The van der Waals surface area contributed by atoms with Crippen molar-refractivity contribution in [3.63, 3.8) is 0 Å². The quantitative estimate of drug-likeness (QED) is 0.422. The number of H-pyrrole nitrogens is 1. The van der Waals surface area contributed by atoms with E-state index >= 15 is 0 Å². The topological polar surface area (TPSA) is 130 Å². The van der Waals surface area contributed by atoms with Gasteiger partial charge in [0.15, 0.2) is 6.10 Å². The van der Waals surface area contributed by atoms with Crippen LogP contribution in [0.4, 0.5) is 14.9 Å². The van der Waals surface area contributed by atoms with Crippen LogP contribution in [0.25, 0.3) is 11.0 Å². The lowest BCUT2D eigenvalue weighted by Gasteiger charge is -2.19. The van der Waals surface area contributed by atoms with Gasteiger partial charge in [-0.25, -0.2) is 14.2 Å². The fraction of sp³-hybridized carbons (Fsp3) is 0.320. The first-order chi connectivity index (χ1) is 18.3. The largest absolute Gasteiger partial charge is 0.436 e. The summed E-state index contributed by atoms with van der Waals surface area (Å²) in [4.78, 5) is 59.8. The zero-order chi connectivity index (χ0) is 28.9. The molecule has 0 saturated carbocycles. The second kappa shape index (κ2) is 12.0. The molecule has 3 amide bonds. The number of rotatable bonds is 9. The van der Waals surface area contributed by atoms with Gasteiger partial charge in [0.1, 0.15) is 17.3 Å². The number of nitrogens with one attached hydrogen (secondary N) is 2. The summed E-state index contributed by atoms with van der Waals surface area (Å²) in [7, 11) is 5.78.